The average molecular weight is 469 g/mol. The van der Waals surface area contributed by atoms with Crippen LogP contribution in [0.1, 0.15) is 41.5 Å². The van der Waals surface area contributed by atoms with Gasteiger partial charge in [-0.15, -0.1) is 0 Å². The van der Waals surface area contributed by atoms with Gasteiger partial charge in [-0.1, -0.05) is 41.5 Å². The summed E-state index contributed by atoms with van der Waals surface area (Å²) in [7, 11) is -3.07. The Labute approximate surface area is 176 Å². The van der Waals surface area contributed by atoms with Crippen molar-refractivity contribution in [1.82, 2.24) is 0 Å². The first kappa shape index (κ1) is 25.2. The van der Waals surface area contributed by atoms with Gasteiger partial charge in [-0.2, -0.15) is 8.78 Å². The third kappa shape index (κ3) is 3.94. The van der Waals surface area contributed by atoms with E-state index in [1.54, 1.807) is 41.5 Å². The minimum absolute atomic E-state index is 0.219. The van der Waals surface area contributed by atoms with Gasteiger partial charge in [0.15, 0.2) is 40.7 Å². The molecule has 171 valence electrons. The molecule has 0 saturated carbocycles. The SMILES string of the molecule is CC(C)[Si](Oc1c(F)c(F)c(-c2[c]c(F)c(F)c(F)c2F)c(F)c1F)(C(C)C)C(C)C. The Kier molecular flexibility index (Phi) is 7.14. The standard InChI is InChI=1S/C21H21F8OSi/c1-8(2)31(9(3)4,10(5)6)30-21-19(28)16(25)13(17(26)20(21)29)11-7-12(22)15(24)18(27)14(11)23/h8-10H,1-6H3. The Morgan fingerprint density at radius 1 is 0.581 bits per heavy atom. The highest BCUT2D eigenvalue weighted by molar-refractivity contribution is 6.78. The van der Waals surface area contributed by atoms with Gasteiger partial charge in [-0.05, 0) is 16.6 Å². The fourth-order valence-corrected chi connectivity index (χ4v) is 9.39. The fraction of sp³-hybridized carbons (Fsp3) is 0.429. The van der Waals surface area contributed by atoms with Gasteiger partial charge < -0.3 is 4.43 Å². The molecule has 1 radical (unpaired) electrons. The summed E-state index contributed by atoms with van der Waals surface area (Å²) < 4.78 is 119. The minimum atomic E-state index is -3.07. The van der Waals surface area contributed by atoms with E-state index in [0.29, 0.717) is 0 Å². The van der Waals surface area contributed by atoms with Crippen molar-refractivity contribution in [3.05, 3.63) is 52.6 Å². The Hall–Kier alpha value is -2.10. The molecule has 0 aliphatic carbocycles. The Morgan fingerprint density at radius 3 is 1.39 bits per heavy atom. The van der Waals surface area contributed by atoms with Crippen LogP contribution in [0.4, 0.5) is 35.1 Å². The Bertz CT molecular complexity index is 953. The lowest BCUT2D eigenvalue weighted by Crippen LogP contribution is -2.51. The van der Waals surface area contributed by atoms with E-state index in [0.717, 1.165) is 0 Å². The molecule has 2 rings (SSSR count). The van der Waals surface area contributed by atoms with Crippen molar-refractivity contribution >= 4 is 8.32 Å². The molecule has 31 heavy (non-hydrogen) atoms. The van der Waals surface area contributed by atoms with E-state index in [4.69, 9.17) is 4.43 Å². The summed E-state index contributed by atoms with van der Waals surface area (Å²) >= 11 is 0. The van der Waals surface area contributed by atoms with E-state index in [-0.39, 0.29) is 16.6 Å². The molecule has 0 heterocycles. The van der Waals surface area contributed by atoms with Crippen molar-refractivity contribution in [3.8, 4) is 16.9 Å². The number of benzene rings is 2. The number of halogens is 8. The van der Waals surface area contributed by atoms with Gasteiger partial charge in [0.2, 0.25) is 11.6 Å². The molecular weight excluding hydrogens is 448 g/mol. The maximum absolute atomic E-state index is 14.8. The highest BCUT2D eigenvalue weighted by Crippen LogP contribution is 2.46. The lowest BCUT2D eigenvalue weighted by Gasteiger charge is -2.42. The molecule has 2 aromatic carbocycles. The zero-order chi connectivity index (χ0) is 24.0. The molecule has 0 fully saturated rings. The van der Waals surface area contributed by atoms with Gasteiger partial charge in [-0.3, -0.25) is 0 Å². The van der Waals surface area contributed by atoms with Crippen LogP contribution in [0.15, 0.2) is 0 Å². The summed E-state index contributed by atoms with van der Waals surface area (Å²) in [5.41, 5.74) is -4.05. The highest BCUT2D eigenvalue weighted by atomic mass is 28.4. The van der Waals surface area contributed by atoms with E-state index in [1.807, 2.05) is 0 Å². The molecule has 10 heteroatoms. The van der Waals surface area contributed by atoms with Crippen LogP contribution < -0.4 is 4.43 Å². The van der Waals surface area contributed by atoms with Gasteiger partial charge in [0.25, 0.3) is 8.32 Å². The molecule has 0 unspecified atom stereocenters. The molecule has 0 bridgehead atoms. The third-order valence-corrected chi connectivity index (χ3v) is 11.5. The van der Waals surface area contributed by atoms with Crippen LogP contribution in [0, 0.1) is 52.6 Å². The van der Waals surface area contributed by atoms with Crippen LogP contribution in [0.5, 0.6) is 5.75 Å². The van der Waals surface area contributed by atoms with E-state index in [1.165, 1.54) is 6.07 Å². The highest BCUT2D eigenvalue weighted by Gasteiger charge is 2.48. The quantitative estimate of drug-likeness (QED) is 0.181. The van der Waals surface area contributed by atoms with Gasteiger partial charge in [-0.25, -0.2) is 26.3 Å². The molecule has 0 N–H and O–H groups in total. The first-order valence-electron chi connectivity index (χ1n) is 9.50. The van der Waals surface area contributed by atoms with Crippen molar-refractivity contribution < 1.29 is 39.5 Å². The molecule has 0 aromatic heterocycles. The zero-order valence-electron chi connectivity index (χ0n) is 17.7. The van der Waals surface area contributed by atoms with E-state index in [2.05, 4.69) is 0 Å². The second-order valence-corrected chi connectivity index (χ2v) is 13.5. The smallest absolute Gasteiger partial charge is 0.259 e. The Morgan fingerprint density at radius 2 is 1.00 bits per heavy atom. The maximum Gasteiger partial charge on any atom is 0.259 e. The topological polar surface area (TPSA) is 9.23 Å². The lowest BCUT2D eigenvalue weighted by molar-refractivity contribution is 0.374. The molecule has 0 aliphatic rings. The predicted molar refractivity (Wildman–Crippen MR) is 102 cm³/mol. The molecule has 0 saturated heterocycles. The lowest BCUT2D eigenvalue weighted by atomic mass is 10.0. The van der Waals surface area contributed by atoms with Crippen molar-refractivity contribution in [3.63, 3.8) is 0 Å². The number of rotatable bonds is 6. The molecular formula is C21H21F8OSi. The second-order valence-electron chi connectivity index (χ2n) is 8.14. The third-order valence-electron chi connectivity index (χ3n) is 5.49. The molecule has 2 aromatic rings. The molecule has 0 atom stereocenters. The zero-order valence-corrected chi connectivity index (χ0v) is 18.7. The number of hydrogen-bond donors (Lipinski definition) is 0. The van der Waals surface area contributed by atoms with Crippen LogP contribution in [-0.2, 0) is 0 Å². The first-order chi connectivity index (χ1) is 14.2. The maximum atomic E-state index is 14.8. The normalized spacial score (nSPS) is 12.4. The second kappa shape index (κ2) is 8.80. The first-order valence-corrected chi connectivity index (χ1v) is 11.6. The summed E-state index contributed by atoms with van der Waals surface area (Å²) in [5, 5.41) is 0. The summed E-state index contributed by atoms with van der Waals surface area (Å²) in [6.07, 6.45) is 0. The monoisotopic (exact) mass is 469 g/mol. The minimum Gasteiger partial charge on any atom is -0.539 e. The largest absolute Gasteiger partial charge is 0.539 e. The summed E-state index contributed by atoms with van der Waals surface area (Å²) in [4.78, 5) is 0. The predicted octanol–water partition coefficient (Wildman–Crippen LogP) is 7.82. The van der Waals surface area contributed by atoms with E-state index >= 15 is 0 Å². The summed E-state index contributed by atoms with van der Waals surface area (Å²) in [6.45, 7) is 10.6. The van der Waals surface area contributed by atoms with Gasteiger partial charge in [0.1, 0.15) is 0 Å². The molecule has 0 spiro atoms. The van der Waals surface area contributed by atoms with Crippen LogP contribution >= 0.6 is 0 Å². The van der Waals surface area contributed by atoms with Crippen molar-refractivity contribution in [2.24, 2.45) is 0 Å². The van der Waals surface area contributed by atoms with E-state index < -0.39 is 71.7 Å². The average Bonchev–Trinajstić information content (AvgIpc) is 2.68. The Balaban J connectivity index is 2.82. The van der Waals surface area contributed by atoms with Gasteiger partial charge >= 0.3 is 0 Å². The molecule has 0 amide bonds. The van der Waals surface area contributed by atoms with Crippen LogP contribution in [0.2, 0.25) is 16.6 Å². The van der Waals surface area contributed by atoms with Crippen LogP contribution in [-0.4, -0.2) is 8.32 Å². The van der Waals surface area contributed by atoms with Crippen molar-refractivity contribution in [1.29, 1.82) is 0 Å². The van der Waals surface area contributed by atoms with Gasteiger partial charge in [0, 0.05) is 11.6 Å². The van der Waals surface area contributed by atoms with Gasteiger partial charge in [0.05, 0.1) is 5.56 Å². The number of hydrogen-bond acceptors (Lipinski definition) is 1. The summed E-state index contributed by atoms with van der Waals surface area (Å²) in [6, 6.07) is 1.26. The van der Waals surface area contributed by atoms with Crippen molar-refractivity contribution in [2.45, 2.75) is 58.2 Å². The molecule has 0 aliphatic heterocycles. The van der Waals surface area contributed by atoms with Crippen molar-refractivity contribution in [2.75, 3.05) is 0 Å². The van der Waals surface area contributed by atoms with Crippen LogP contribution in [0.25, 0.3) is 11.1 Å². The molecule has 1 nitrogen and oxygen atoms in total. The fourth-order valence-electron chi connectivity index (χ4n) is 4.15. The van der Waals surface area contributed by atoms with Crippen LogP contribution in [0.3, 0.4) is 0 Å². The summed E-state index contributed by atoms with van der Waals surface area (Å²) in [5.74, 6) is -18.7. The van der Waals surface area contributed by atoms with E-state index in [9.17, 15) is 35.1 Å².